The van der Waals surface area contributed by atoms with Gasteiger partial charge >= 0.3 is 0 Å². The molecule has 188 valence electrons. The van der Waals surface area contributed by atoms with Crippen LogP contribution in [0.25, 0.3) is 0 Å². The molecule has 0 aliphatic rings. The van der Waals surface area contributed by atoms with Gasteiger partial charge in [-0.05, 0) is 61.0 Å². The molecule has 2 aromatic rings. The zero-order valence-electron chi connectivity index (χ0n) is 20.8. The number of carbonyl (C=O) groups is 1. The smallest absolute Gasteiger partial charge is 0.272 e. The van der Waals surface area contributed by atoms with Crippen molar-refractivity contribution in [2.75, 3.05) is 0 Å². The lowest BCUT2D eigenvalue weighted by Gasteiger charge is -2.23. The number of ether oxygens (including phenoxy) is 1. The van der Waals surface area contributed by atoms with Gasteiger partial charge in [0, 0.05) is 29.8 Å². The van der Waals surface area contributed by atoms with E-state index in [4.69, 9.17) is 4.74 Å². The molecule has 0 fully saturated rings. The van der Waals surface area contributed by atoms with Gasteiger partial charge in [0.05, 0.1) is 10.5 Å². The highest BCUT2D eigenvalue weighted by molar-refractivity contribution is 7.89. The van der Waals surface area contributed by atoms with E-state index >= 15 is 0 Å². The highest BCUT2D eigenvalue weighted by Gasteiger charge is 2.31. The number of nitrogens with one attached hydrogen (secondary N) is 2. The van der Waals surface area contributed by atoms with Gasteiger partial charge in [0.1, 0.15) is 10.6 Å². The highest BCUT2D eigenvalue weighted by Crippen LogP contribution is 2.36. The first kappa shape index (κ1) is 27.3. The topological polar surface area (TPSA) is 145 Å². The second kappa shape index (κ2) is 10.1. The Balaban J connectivity index is 2.68. The maximum atomic E-state index is 13.0. The van der Waals surface area contributed by atoms with Crippen LogP contribution in [-0.2, 0) is 15.6 Å². The molecule has 2 N–H and O–H groups in total. The number of rotatable bonds is 9. The number of amides is 1. The van der Waals surface area contributed by atoms with Crippen LogP contribution in [0.5, 0.6) is 11.6 Å². The SMILES string of the molecule is CC[C@@H](C)NC(=O)c1nn(C(C)(C)C)c(Oc2ccc([N+](=O)[O-])cc2S(=O)(=O)NC(C)C)c1C. The molecular formula is C22H33N5O6S. The maximum absolute atomic E-state index is 13.0. The van der Waals surface area contributed by atoms with E-state index in [2.05, 4.69) is 15.1 Å². The Kier molecular flexibility index (Phi) is 8.10. The van der Waals surface area contributed by atoms with Gasteiger partial charge in [0.2, 0.25) is 15.9 Å². The Morgan fingerprint density at radius 3 is 2.38 bits per heavy atom. The van der Waals surface area contributed by atoms with Crippen LogP contribution in [0.15, 0.2) is 23.1 Å². The summed E-state index contributed by atoms with van der Waals surface area (Å²) in [4.78, 5) is 23.0. The molecule has 1 amide bonds. The molecule has 34 heavy (non-hydrogen) atoms. The largest absolute Gasteiger partial charge is 0.438 e. The molecule has 0 unspecified atom stereocenters. The molecule has 0 spiro atoms. The van der Waals surface area contributed by atoms with Gasteiger partial charge in [0.25, 0.3) is 11.6 Å². The van der Waals surface area contributed by atoms with Gasteiger partial charge in [-0.2, -0.15) is 5.10 Å². The summed E-state index contributed by atoms with van der Waals surface area (Å²) in [5, 5.41) is 18.6. The van der Waals surface area contributed by atoms with Crippen molar-refractivity contribution >= 4 is 21.6 Å². The molecule has 1 aromatic carbocycles. The summed E-state index contributed by atoms with van der Waals surface area (Å²) >= 11 is 0. The average Bonchev–Trinajstić information content (AvgIpc) is 3.03. The Hall–Kier alpha value is -2.99. The first-order valence-corrected chi connectivity index (χ1v) is 12.5. The molecule has 0 radical (unpaired) electrons. The first-order valence-electron chi connectivity index (χ1n) is 11.0. The van der Waals surface area contributed by atoms with Gasteiger partial charge in [-0.3, -0.25) is 14.9 Å². The normalized spacial score (nSPS) is 13.1. The quantitative estimate of drug-likeness (QED) is 0.397. The minimum absolute atomic E-state index is 0.0652. The van der Waals surface area contributed by atoms with Gasteiger partial charge in [0.15, 0.2) is 5.69 Å². The van der Waals surface area contributed by atoms with Gasteiger partial charge in [-0.1, -0.05) is 6.92 Å². The minimum Gasteiger partial charge on any atom is -0.438 e. The van der Waals surface area contributed by atoms with Crippen molar-refractivity contribution in [1.29, 1.82) is 0 Å². The van der Waals surface area contributed by atoms with Crippen molar-refractivity contribution in [3.05, 3.63) is 39.6 Å². The van der Waals surface area contributed by atoms with Crippen LogP contribution in [0.2, 0.25) is 0 Å². The maximum Gasteiger partial charge on any atom is 0.272 e. The van der Waals surface area contributed by atoms with Crippen LogP contribution in [0, 0.1) is 17.0 Å². The molecule has 1 aromatic heterocycles. The number of carbonyl (C=O) groups excluding carboxylic acids is 1. The van der Waals surface area contributed by atoms with Crippen molar-refractivity contribution in [2.45, 2.75) is 84.3 Å². The summed E-state index contributed by atoms with van der Waals surface area (Å²) in [6.07, 6.45) is 0.737. The van der Waals surface area contributed by atoms with E-state index in [9.17, 15) is 23.3 Å². The third kappa shape index (κ3) is 6.11. The molecule has 0 aliphatic carbocycles. The minimum atomic E-state index is -4.14. The molecule has 12 heteroatoms. The number of non-ortho nitro benzene ring substituents is 1. The van der Waals surface area contributed by atoms with Crippen molar-refractivity contribution in [3.63, 3.8) is 0 Å². The zero-order chi connectivity index (χ0) is 26.0. The molecule has 0 saturated carbocycles. The number of nitro benzene ring substituents is 1. The van der Waals surface area contributed by atoms with Crippen molar-refractivity contribution in [2.24, 2.45) is 0 Å². The number of nitrogens with zero attached hydrogens (tertiary/aromatic N) is 3. The summed E-state index contributed by atoms with van der Waals surface area (Å²) in [5.41, 5.74) is -0.456. The van der Waals surface area contributed by atoms with Crippen LogP contribution >= 0.6 is 0 Å². The van der Waals surface area contributed by atoms with Gasteiger partial charge < -0.3 is 10.1 Å². The fourth-order valence-electron chi connectivity index (χ4n) is 3.05. The molecule has 1 heterocycles. The van der Waals surface area contributed by atoms with Gasteiger partial charge in [-0.25, -0.2) is 17.8 Å². The Morgan fingerprint density at radius 2 is 1.88 bits per heavy atom. The summed E-state index contributed by atoms with van der Waals surface area (Å²) in [5.74, 6) is -0.337. The number of benzene rings is 1. The third-order valence-corrected chi connectivity index (χ3v) is 6.61. The second-order valence-electron chi connectivity index (χ2n) is 9.41. The van der Waals surface area contributed by atoms with Crippen LogP contribution < -0.4 is 14.8 Å². The number of nitro groups is 1. The van der Waals surface area contributed by atoms with E-state index in [1.807, 2.05) is 34.6 Å². The van der Waals surface area contributed by atoms with Crippen LogP contribution in [0.1, 0.15) is 70.9 Å². The molecule has 11 nitrogen and oxygen atoms in total. The van der Waals surface area contributed by atoms with Crippen LogP contribution in [-0.4, -0.2) is 41.1 Å². The van der Waals surface area contributed by atoms with Gasteiger partial charge in [-0.15, -0.1) is 0 Å². The highest BCUT2D eigenvalue weighted by atomic mass is 32.2. The summed E-state index contributed by atoms with van der Waals surface area (Å²) in [7, 11) is -4.14. The van der Waals surface area contributed by atoms with Crippen molar-refractivity contribution < 1.29 is 22.9 Å². The summed E-state index contributed by atoms with van der Waals surface area (Å²) < 4.78 is 35.9. The molecule has 0 saturated heterocycles. The Bertz CT molecular complexity index is 1180. The lowest BCUT2D eigenvalue weighted by atomic mass is 10.1. The molecule has 1 atom stereocenters. The number of aromatic nitrogens is 2. The van der Waals surface area contributed by atoms with E-state index in [1.165, 1.54) is 10.7 Å². The fourth-order valence-corrected chi connectivity index (χ4v) is 4.45. The fraction of sp³-hybridized carbons (Fsp3) is 0.545. The Labute approximate surface area is 200 Å². The molecular weight excluding hydrogens is 462 g/mol. The predicted octanol–water partition coefficient (Wildman–Crippen LogP) is 3.86. The number of sulfonamides is 1. The van der Waals surface area contributed by atoms with E-state index in [0.29, 0.717) is 5.56 Å². The summed E-state index contributed by atoms with van der Waals surface area (Å²) in [6.45, 7) is 14.3. The lowest BCUT2D eigenvalue weighted by Crippen LogP contribution is -2.33. The number of hydrogen-bond acceptors (Lipinski definition) is 7. The standard InChI is InChI=1S/C22H33N5O6S/c1-9-14(4)23-20(28)19-15(5)21(26(24-19)22(6,7)8)33-17-11-10-16(27(29)30)12-18(17)34(31,32)25-13(2)3/h10-14,25H,9H2,1-8H3,(H,23,28)/t14-/m1/s1. The van der Waals surface area contributed by atoms with Crippen LogP contribution in [0.3, 0.4) is 0 Å². The van der Waals surface area contributed by atoms with Crippen molar-refractivity contribution in [1.82, 2.24) is 19.8 Å². The predicted molar refractivity (Wildman–Crippen MR) is 128 cm³/mol. The van der Waals surface area contributed by atoms with Crippen LogP contribution in [0.4, 0.5) is 5.69 Å². The van der Waals surface area contributed by atoms with E-state index in [1.54, 1.807) is 20.8 Å². The van der Waals surface area contributed by atoms with E-state index < -0.39 is 32.2 Å². The zero-order valence-corrected chi connectivity index (χ0v) is 21.6. The third-order valence-electron chi connectivity index (χ3n) is 4.93. The Morgan fingerprint density at radius 1 is 1.26 bits per heavy atom. The van der Waals surface area contributed by atoms with E-state index in [0.717, 1.165) is 18.6 Å². The van der Waals surface area contributed by atoms with Crippen molar-refractivity contribution in [3.8, 4) is 11.6 Å². The molecule has 0 aliphatic heterocycles. The molecule has 0 bridgehead atoms. The average molecular weight is 496 g/mol. The van der Waals surface area contributed by atoms with E-state index in [-0.39, 0.29) is 34.2 Å². The molecule has 2 rings (SSSR count). The second-order valence-corrected chi connectivity index (χ2v) is 11.1. The number of hydrogen-bond donors (Lipinski definition) is 2. The first-order chi connectivity index (χ1) is 15.6. The summed E-state index contributed by atoms with van der Waals surface area (Å²) in [6, 6.07) is 2.82. The monoisotopic (exact) mass is 495 g/mol. The lowest BCUT2D eigenvalue weighted by molar-refractivity contribution is -0.385.